The lowest BCUT2D eigenvalue weighted by Crippen LogP contribution is -2.39. The number of phenolic OH excluding ortho intramolecular Hbond substituents is 1. The Morgan fingerprint density at radius 1 is 1.11 bits per heavy atom. The van der Waals surface area contributed by atoms with Crippen molar-refractivity contribution in [1.29, 1.82) is 0 Å². The summed E-state index contributed by atoms with van der Waals surface area (Å²) in [5.74, 6) is -2.96. The number of fused-ring (bicyclic) bond motifs is 1. The van der Waals surface area contributed by atoms with Gasteiger partial charge in [-0.1, -0.05) is 49.1 Å². The average molecular weight is 528 g/mol. The number of benzene rings is 1. The number of carboxylic acids is 1. The SMILES string of the molecule is CCCC1=C([C@H](O)CC/C(C)=C/c2ccc(O)cc2)[C@H](CO)[C@@H]2C(=O)N(CCCCCC(=O)O)C(=O)[C@@H]2C1. The number of aliphatic carboxylic acids is 1. The number of likely N-dealkylation sites (tertiary alicyclic amines) is 1. The number of allylic oxidation sites excluding steroid dienone is 2. The highest BCUT2D eigenvalue weighted by molar-refractivity contribution is 6.05. The Kier molecular flexibility index (Phi) is 10.7. The van der Waals surface area contributed by atoms with E-state index in [0.717, 1.165) is 28.7 Å². The average Bonchev–Trinajstić information content (AvgIpc) is 3.12. The zero-order valence-corrected chi connectivity index (χ0v) is 22.4. The van der Waals surface area contributed by atoms with Crippen molar-refractivity contribution in [2.24, 2.45) is 17.8 Å². The standard InChI is InChI=1S/C30H41NO7/c1-3-7-21-17-23-28(30(38)31(29(23)37)15-6-4-5-8-26(35)36)24(18-32)27(21)25(34)14-9-19(2)16-20-10-12-22(33)13-11-20/h10-13,16,23-25,28,32-34H,3-9,14-15,17-18H2,1-2H3,(H,35,36)/b19-16+/t23-,24+,25-,28-/m1/s1. The van der Waals surface area contributed by atoms with Crippen LogP contribution in [-0.4, -0.2) is 62.4 Å². The summed E-state index contributed by atoms with van der Waals surface area (Å²) in [7, 11) is 0. The van der Waals surface area contributed by atoms with E-state index in [1.54, 1.807) is 12.1 Å². The van der Waals surface area contributed by atoms with Crippen LogP contribution in [0.2, 0.25) is 0 Å². The fraction of sp³-hybridized carbons (Fsp3) is 0.567. The van der Waals surface area contributed by atoms with Crippen LogP contribution in [0.5, 0.6) is 5.75 Å². The third kappa shape index (κ3) is 7.11. The van der Waals surface area contributed by atoms with Gasteiger partial charge in [-0.3, -0.25) is 19.3 Å². The van der Waals surface area contributed by atoms with Crippen LogP contribution >= 0.6 is 0 Å². The van der Waals surface area contributed by atoms with Crippen molar-refractivity contribution in [3.05, 3.63) is 46.5 Å². The first-order valence-corrected chi connectivity index (χ1v) is 13.7. The maximum absolute atomic E-state index is 13.4. The highest BCUT2D eigenvalue weighted by Crippen LogP contribution is 2.47. The van der Waals surface area contributed by atoms with Gasteiger partial charge in [0, 0.05) is 18.9 Å². The zero-order valence-electron chi connectivity index (χ0n) is 22.4. The van der Waals surface area contributed by atoms with Crippen molar-refractivity contribution in [1.82, 2.24) is 4.90 Å². The van der Waals surface area contributed by atoms with Gasteiger partial charge in [0.15, 0.2) is 0 Å². The van der Waals surface area contributed by atoms with Crippen molar-refractivity contribution < 1.29 is 34.8 Å². The van der Waals surface area contributed by atoms with Gasteiger partial charge in [-0.25, -0.2) is 0 Å². The molecular formula is C30H41NO7. The molecule has 208 valence electrons. The minimum absolute atomic E-state index is 0.0644. The third-order valence-electron chi connectivity index (χ3n) is 7.77. The van der Waals surface area contributed by atoms with Crippen molar-refractivity contribution in [3.63, 3.8) is 0 Å². The number of unbranched alkanes of at least 4 members (excludes halogenated alkanes) is 2. The van der Waals surface area contributed by atoms with Gasteiger partial charge in [-0.05, 0) is 68.7 Å². The van der Waals surface area contributed by atoms with E-state index in [-0.39, 0.29) is 37.1 Å². The summed E-state index contributed by atoms with van der Waals surface area (Å²) in [6.07, 6.45) is 5.90. The molecule has 4 atom stereocenters. The van der Waals surface area contributed by atoms with Gasteiger partial charge >= 0.3 is 5.97 Å². The van der Waals surface area contributed by atoms with E-state index < -0.39 is 29.8 Å². The predicted molar refractivity (Wildman–Crippen MR) is 144 cm³/mol. The number of carbonyl (C=O) groups excluding carboxylic acids is 2. The van der Waals surface area contributed by atoms with Crippen LogP contribution in [0.1, 0.15) is 77.2 Å². The molecule has 0 bridgehead atoms. The van der Waals surface area contributed by atoms with E-state index >= 15 is 0 Å². The molecule has 38 heavy (non-hydrogen) atoms. The van der Waals surface area contributed by atoms with E-state index in [1.165, 1.54) is 4.90 Å². The number of imide groups is 1. The normalized spacial score (nSPS) is 22.7. The van der Waals surface area contributed by atoms with Crippen LogP contribution in [0, 0.1) is 17.8 Å². The zero-order chi connectivity index (χ0) is 27.8. The van der Waals surface area contributed by atoms with Crippen molar-refractivity contribution in [2.75, 3.05) is 13.2 Å². The Labute approximate surface area is 224 Å². The lowest BCUT2D eigenvalue weighted by Gasteiger charge is -2.36. The number of aliphatic hydroxyl groups excluding tert-OH is 2. The van der Waals surface area contributed by atoms with Crippen molar-refractivity contribution in [3.8, 4) is 5.75 Å². The number of hydrogen-bond donors (Lipinski definition) is 4. The molecule has 1 heterocycles. The Morgan fingerprint density at radius 3 is 2.45 bits per heavy atom. The number of rotatable bonds is 14. The summed E-state index contributed by atoms with van der Waals surface area (Å²) in [4.78, 5) is 38.7. The first-order chi connectivity index (χ1) is 18.2. The number of carbonyl (C=O) groups is 3. The molecule has 1 aromatic rings. The van der Waals surface area contributed by atoms with Gasteiger partial charge in [0.05, 0.1) is 24.5 Å². The second-order valence-corrected chi connectivity index (χ2v) is 10.6. The Hall–Kier alpha value is -2.97. The van der Waals surface area contributed by atoms with E-state index in [0.29, 0.717) is 44.9 Å². The maximum Gasteiger partial charge on any atom is 0.303 e. The van der Waals surface area contributed by atoms with E-state index in [1.807, 2.05) is 32.1 Å². The lowest BCUT2D eigenvalue weighted by molar-refractivity contribution is -0.141. The summed E-state index contributed by atoms with van der Waals surface area (Å²) in [5.41, 5.74) is 3.71. The molecule has 2 amide bonds. The molecule has 3 rings (SSSR count). The molecule has 0 radical (unpaired) electrons. The summed E-state index contributed by atoms with van der Waals surface area (Å²) in [6.45, 7) is 3.96. The predicted octanol–water partition coefficient (Wildman–Crippen LogP) is 4.29. The quantitative estimate of drug-likeness (QED) is 0.161. The minimum Gasteiger partial charge on any atom is -0.508 e. The fourth-order valence-corrected chi connectivity index (χ4v) is 5.95. The van der Waals surface area contributed by atoms with Crippen molar-refractivity contribution in [2.45, 2.75) is 77.7 Å². The van der Waals surface area contributed by atoms with Gasteiger partial charge in [0.2, 0.25) is 11.8 Å². The second-order valence-electron chi connectivity index (χ2n) is 10.6. The molecule has 8 heteroatoms. The van der Waals surface area contributed by atoms with Crippen LogP contribution < -0.4 is 0 Å². The molecule has 0 aromatic heterocycles. The molecule has 8 nitrogen and oxygen atoms in total. The summed E-state index contributed by atoms with van der Waals surface area (Å²) < 4.78 is 0. The monoisotopic (exact) mass is 527 g/mol. The van der Waals surface area contributed by atoms with Gasteiger partial charge in [-0.2, -0.15) is 0 Å². The largest absolute Gasteiger partial charge is 0.508 e. The molecule has 0 spiro atoms. The van der Waals surface area contributed by atoms with Gasteiger partial charge in [0.1, 0.15) is 5.75 Å². The number of nitrogens with zero attached hydrogens (tertiary/aromatic N) is 1. The number of phenols is 1. The lowest BCUT2D eigenvalue weighted by atomic mass is 9.67. The molecule has 0 saturated carbocycles. The van der Waals surface area contributed by atoms with Crippen LogP contribution in [-0.2, 0) is 14.4 Å². The number of amides is 2. The summed E-state index contributed by atoms with van der Waals surface area (Å²) in [5, 5.41) is 40.0. The third-order valence-corrected chi connectivity index (χ3v) is 7.77. The second kappa shape index (κ2) is 13.7. The molecule has 1 aromatic carbocycles. The molecule has 2 aliphatic rings. The Morgan fingerprint density at radius 2 is 1.82 bits per heavy atom. The molecule has 1 aliphatic heterocycles. The van der Waals surface area contributed by atoms with E-state index in [9.17, 15) is 29.7 Å². The van der Waals surface area contributed by atoms with Gasteiger partial charge < -0.3 is 20.4 Å². The van der Waals surface area contributed by atoms with E-state index in [2.05, 4.69) is 0 Å². The summed E-state index contributed by atoms with van der Waals surface area (Å²) >= 11 is 0. The topological polar surface area (TPSA) is 135 Å². The van der Waals surface area contributed by atoms with Crippen LogP contribution in [0.25, 0.3) is 6.08 Å². The van der Waals surface area contributed by atoms with Gasteiger partial charge in [-0.15, -0.1) is 0 Å². The number of carboxylic acid groups (broad SMARTS) is 1. The number of aromatic hydroxyl groups is 1. The molecule has 1 aliphatic carbocycles. The molecule has 1 saturated heterocycles. The maximum atomic E-state index is 13.4. The highest BCUT2D eigenvalue weighted by atomic mass is 16.4. The highest BCUT2D eigenvalue weighted by Gasteiger charge is 2.54. The first kappa shape index (κ1) is 29.6. The summed E-state index contributed by atoms with van der Waals surface area (Å²) in [6, 6.07) is 6.89. The number of aliphatic hydroxyl groups is 2. The smallest absolute Gasteiger partial charge is 0.303 e. The van der Waals surface area contributed by atoms with Crippen molar-refractivity contribution >= 4 is 23.9 Å². The molecular weight excluding hydrogens is 486 g/mol. The number of hydrogen-bond acceptors (Lipinski definition) is 6. The first-order valence-electron chi connectivity index (χ1n) is 13.7. The van der Waals surface area contributed by atoms with Gasteiger partial charge in [0.25, 0.3) is 0 Å². The Balaban J connectivity index is 1.73. The van der Waals surface area contributed by atoms with Crippen LogP contribution in [0.15, 0.2) is 41.0 Å². The Bertz CT molecular complexity index is 1060. The van der Waals surface area contributed by atoms with Crippen LogP contribution in [0.3, 0.4) is 0 Å². The fourth-order valence-electron chi connectivity index (χ4n) is 5.95. The van der Waals surface area contributed by atoms with E-state index in [4.69, 9.17) is 5.11 Å². The minimum atomic E-state index is -0.859. The molecule has 1 fully saturated rings. The molecule has 4 N–H and O–H groups in total. The van der Waals surface area contributed by atoms with Crippen LogP contribution in [0.4, 0.5) is 0 Å². The molecule has 0 unspecified atom stereocenters.